The van der Waals surface area contributed by atoms with Gasteiger partial charge in [-0.2, -0.15) is 0 Å². The summed E-state index contributed by atoms with van der Waals surface area (Å²) in [5, 5.41) is -0.0657. The SMILES string of the molecule is Cc1ccc(CN2C(=O)CCSC2c2cc(C)c(C)o2)o1. The molecule has 0 radical (unpaired) electrons. The van der Waals surface area contributed by atoms with Crippen molar-refractivity contribution < 1.29 is 13.6 Å². The maximum atomic E-state index is 12.3. The molecule has 0 spiro atoms. The van der Waals surface area contributed by atoms with E-state index in [-0.39, 0.29) is 11.3 Å². The number of carbonyl (C=O) groups is 1. The lowest BCUT2D eigenvalue weighted by molar-refractivity contribution is -0.133. The summed E-state index contributed by atoms with van der Waals surface area (Å²) in [6.07, 6.45) is 0.569. The highest BCUT2D eigenvalue weighted by atomic mass is 32.2. The van der Waals surface area contributed by atoms with E-state index in [9.17, 15) is 4.79 Å². The molecule has 2 aromatic heterocycles. The average Bonchev–Trinajstić information content (AvgIpc) is 2.99. The van der Waals surface area contributed by atoms with Crippen LogP contribution in [0.1, 0.15) is 40.4 Å². The number of furan rings is 2. The van der Waals surface area contributed by atoms with E-state index in [0.717, 1.165) is 34.4 Å². The first kappa shape index (κ1) is 14.3. The molecule has 3 heterocycles. The number of aryl methyl sites for hydroxylation is 3. The van der Waals surface area contributed by atoms with Crippen LogP contribution in [0.4, 0.5) is 0 Å². The minimum atomic E-state index is -0.0657. The van der Waals surface area contributed by atoms with E-state index in [4.69, 9.17) is 8.83 Å². The maximum Gasteiger partial charge on any atom is 0.225 e. The van der Waals surface area contributed by atoms with Crippen LogP contribution in [0.25, 0.3) is 0 Å². The van der Waals surface area contributed by atoms with E-state index in [0.29, 0.717) is 13.0 Å². The predicted molar refractivity (Wildman–Crippen MR) is 82.0 cm³/mol. The van der Waals surface area contributed by atoms with Crippen LogP contribution in [0, 0.1) is 20.8 Å². The summed E-state index contributed by atoms with van der Waals surface area (Å²) in [5.41, 5.74) is 1.12. The second-order valence-electron chi connectivity index (χ2n) is 5.40. The van der Waals surface area contributed by atoms with E-state index in [2.05, 4.69) is 0 Å². The van der Waals surface area contributed by atoms with Crippen molar-refractivity contribution in [2.24, 2.45) is 0 Å². The molecule has 4 nitrogen and oxygen atoms in total. The first-order valence-electron chi connectivity index (χ1n) is 7.08. The van der Waals surface area contributed by atoms with E-state index in [1.165, 1.54) is 0 Å². The van der Waals surface area contributed by atoms with Crippen molar-refractivity contribution in [3.63, 3.8) is 0 Å². The van der Waals surface area contributed by atoms with Crippen molar-refractivity contribution in [1.29, 1.82) is 0 Å². The van der Waals surface area contributed by atoms with Gasteiger partial charge < -0.3 is 13.7 Å². The average molecular weight is 305 g/mol. The van der Waals surface area contributed by atoms with Gasteiger partial charge in [-0.3, -0.25) is 4.79 Å². The Kier molecular flexibility index (Phi) is 3.85. The molecule has 5 heteroatoms. The first-order chi connectivity index (χ1) is 10.0. The summed E-state index contributed by atoms with van der Waals surface area (Å²) < 4.78 is 11.4. The van der Waals surface area contributed by atoms with E-state index in [1.54, 1.807) is 11.8 Å². The number of thioether (sulfide) groups is 1. The van der Waals surface area contributed by atoms with Crippen LogP contribution in [0.2, 0.25) is 0 Å². The normalized spacial score (nSPS) is 19.3. The van der Waals surface area contributed by atoms with Gasteiger partial charge in [-0.25, -0.2) is 0 Å². The maximum absolute atomic E-state index is 12.3. The fourth-order valence-corrected chi connectivity index (χ4v) is 3.66. The van der Waals surface area contributed by atoms with Crippen molar-refractivity contribution in [1.82, 2.24) is 4.90 Å². The zero-order chi connectivity index (χ0) is 15.0. The molecule has 112 valence electrons. The molecule has 0 aliphatic carbocycles. The quantitative estimate of drug-likeness (QED) is 0.861. The number of hydrogen-bond acceptors (Lipinski definition) is 4. The molecule has 0 bridgehead atoms. The van der Waals surface area contributed by atoms with Gasteiger partial charge in [0.2, 0.25) is 5.91 Å². The molecule has 1 saturated heterocycles. The van der Waals surface area contributed by atoms with Crippen LogP contribution in [-0.4, -0.2) is 16.6 Å². The molecular formula is C16H19NO3S. The largest absolute Gasteiger partial charge is 0.464 e. The number of rotatable bonds is 3. The molecule has 21 heavy (non-hydrogen) atoms. The highest BCUT2D eigenvalue weighted by Gasteiger charge is 2.32. The van der Waals surface area contributed by atoms with Gasteiger partial charge in [-0.05, 0) is 44.5 Å². The van der Waals surface area contributed by atoms with Crippen molar-refractivity contribution in [2.45, 2.75) is 39.1 Å². The lowest BCUT2D eigenvalue weighted by atomic mass is 10.2. The van der Waals surface area contributed by atoms with Gasteiger partial charge in [0.25, 0.3) is 0 Å². The van der Waals surface area contributed by atoms with Crippen LogP contribution in [0.3, 0.4) is 0 Å². The zero-order valence-corrected chi connectivity index (χ0v) is 13.3. The summed E-state index contributed by atoms with van der Waals surface area (Å²) in [5.74, 6) is 4.43. The molecule has 0 saturated carbocycles. The Morgan fingerprint density at radius 3 is 2.71 bits per heavy atom. The van der Waals surface area contributed by atoms with Crippen molar-refractivity contribution in [3.8, 4) is 0 Å². The van der Waals surface area contributed by atoms with Crippen molar-refractivity contribution in [3.05, 3.63) is 46.8 Å². The van der Waals surface area contributed by atoms with E-state index >= 15 is 0 Å². The Morgan fingerprint density at radius 2 is 2.10 bits per heavy atom. The van der Waals surface area contributed by atoms with Gasteiger partial charge in [0.15, 0.2) is 0 Å². The number of amides is 1. The van der Waals surface area contributed by atoms with Crippen LogP contribution in [-0.2, 0) is 11.3 Å². The van der Waals surface area contributed by atoms with Gasteiger partial charge in [0, 0.05) is 12.2 Å². The van der Waals surface area contributed by atoms with Gasteiger partial charge >= 0.3 is 0 Å². The van der Waals surface area contributed by atoms with E-state index < -0.39 is 0 Å². The van der Waals surface area contributed by atoms with Crippen LogP contribution in [0.5, 0.6) is 0 Å². The third-order valence-electron chi connectivity index (χ3n) is 3.75. The highest BCUT2D eigenvalue weighted by molar-refractivity contribution is 7.99. The molecule has 1 fully saturated rings. The molecule has 1 atom stereocenters. The third-order valence-corrected chi connectivity index (χ3v) is 4.99. The zero-order valence-electron chi connectivity index (χ0n) is 12.5. The number of hydrogen-bond donors (Lipinski definition) is 0. The molecule has 1 aliphatic rings. The molecule has 1 amide bonds. The Labute approximate surface area is 128 Å². The fourth-order valence-electron chi connectivity index (χ4n) is 2.49. The lowest BCUT2D eigenvalue weighted by Gasteiger charge is -2.33. The summed E-state index contributed by atoms with van der Waals surface area (Å²) in [6.45, 7) is 6.38. The smallest absolute Gasteiger partial charge is 0.225 e. The molecule has 0 N–H and O–H groups in total. The van der Waals surface area contributed by atoms with Crippen LogP contribution < -0.4 is 0 Å². The Hall–Kier alpha value is -1.62. The number of nitrogens with zero attached hydrogens (tertiary/aromatic N) is 1. The lowest BCUT2D eigenvalue weighted by Crippen LogP contribution is -2.36. The van der Waals surface area contributed by atoms with Gasteiger partial charge in [-0.15, -0.1) is 11.8 Å². The third kappa shape index (κ3) is 2.88. The standard InChI is InChI=1S/C16H19NO3S/c1-10-8-14(20-12(10)3)16-17(15(18)6-7-21-16)9-13-5-4-11(2)19-13/h4-5,8,16H,6-7,9H2,1-3H3. The van der Waals surface area contributed by atoms with Gasteiger partial charge in [0.1, 0.15) is 28.4 Å². The monoisotopic (exact) mass is 305 g/mol. The Bertz CT molecular complexity index is 639. The molecule has 3 rings (SSSR count). The molecule has 1 unspecified atom stereocenters. The molecule has 0 aromatic carbocycles. The fraction of sp³-hybridized carbons (Fsp3) is 0.438. The van der Waals surface area contributed by atoms with Gasteiger partial charge in [0.05, 0.1) is 6.54 Å². The minimum Gasteiger partial charge on any atom is -0.464 e. The van der Waals surface area contributed by atoms with Crippen LogP contribution in [0.15, 0.2) is 27.0 Å². The second kappa shape index (κ2) is 5.64. The topological polar surface area (TPSA) is 46.6 Å². The summed E-state index contributed by atoms with van der Waals surface area (Å²) in [6, 6.07) is 5.89. The van der Waals surface area contributed by atoms with Crippen molar-refractivity contribution >= 4 is 17.7 Å². The Balaban J connectivity index is 1.87. The molecule has 2 aromatic rings. The summed E-state index contributed by atoms with van der Waals surface area (Å²) in [7, 11) is 0. The molecule has 1 aliphatic heterocycles. The minimum absolute atomic E-state index is 0.0657. The predicted octanol–water partition coefficient (Wildman–Crippen LogP) is 3.96. The summed E-state index contributed by atoms with van der Waals surface area (Å²) in [4.78, 5) is 14.2. The second-order valence-corrected chi connectivity index (χ2v) is 6.58. The van der Waals surface area contributed by atoms with E-state index in [1.807, 2.05) is 43.9 Å². The Morgan fingerprint density at radius 1 is 1.29 bits per heavy atom. The highest BCUT2D eigenvalue weighted by Crippen LogP contribution is 2.39. The first-order valence-corrected chi connectivity index (χ1v) is 8.13. The summed E-state index contributed by atoms with van der Waals surface area (Å²) >= 11 is 1.75. The van der Waals surface area contributed by atoms with Gasteiger partial charge in [-0.1, -0.05) is 0 Å². The van der Waals surface area contributed by atoms with Crippen molar-refractivity contribution in [2.75, 3.05) is 5.75 Å². The molecular weight excluding hydrogens is 286 g/mol. The number of carbonyl (C=O) groups excluding carboxylic acids is 1. The van der Waals surface area contributed by atoms with Crippen LogP contribution >= 0.6 is 11.8 Å².